The molecule has 0 aromatic rings. The van der Waals surface area contributed by atoms with Gasteiger partial charge >= 0.3 is 5.97 Å². The van der Waals surface area contributed by atoms with Gasteiger partial charge in [0.25, 0.3) is 0 Å². The summed E-state index contributed by atoms with van der Waals surface area (Å²) in [5.74, 6) is -0.890. The maximum Gasteiger partial charge on any atom is 0.317 e. The highest BCUT2D eigenvalue weighted by atomic mass is 16.5. The number of amides is 1. The zero-order chi connectivity index (χ0) is 14.1. The third-order valence-electron chi connectivity index (χ3n) is 3.29. The Balaban J connectivity index is 2.45. The number of carbonyl (C=O) groups excluding carboxylic acids is 1. The highest BCUT2D eigenvalue weighted by molar-refractivity contribution is 5.79. The van der Waals surface area contributed by atoms with Crippen LogP contribution in [0.15, 0.2) is 0 Å². The number of carboxylic acids is 1. The molecule has 1 aliphatic heterocycles. The minimum absolute atomic E-state index is 0.0271. The first kappa shape index (κ1) is 15.9. The van der Waals surface area contributed by atoms with Crippen molar-refractivity contribution >= 4 is 11.9 Å². The lowest BCUT2D eigenvalue weighted by atomic mass is 10.2. The fourth-order valence-corrected chi connectivity index (χ4v) is 2.24. The molecule has 0 spiro atoms. The monoisotopic (exact) mass is 272 g/mol. The van der Waals surface area contributed by atoms with Crippen molar-refractivity contribution in [2.75, 3.05) is 46.4 Å². The van der Waals surface area contributed by atoms with E-state index in [1.165, 1.54) is 12.8 Å². The van der Waals surface area contributed by atoms with Crippen molar-refractivity contribution in [1.29, 1.82) is 0 Å². The lowest BCUT2D eigenvalue weighted by molar-refractivity contribution is -0.140. The van der Waals surface area contributed by atoms with Crippen LogP contribution in [0.4, 0.5) is 0 Å². The van der Waals surface area contributed by atoms with E-state index < -0.39 is 5.97 Å². The van der Waals surface area contributed by atoms with Crippen LogP contribution in [0.1, 0.15) is 25.7 Å². The van der Waals surface area contributed by atoms with Crippen LogP contribution in [0.2, 0.25) is 0 Å². The van der Waals surface area contributed by atoms with E-state index in [9.17, 15) is 9.59 Å². The van der Waals surface area contributed by atoms with E-state index in [1.807, 2.05) is 4.90 Å². The van der Waals surface area contributed by atoms with E-state index >= 15 is 0 Å². The van der Waals surface area contributed by atoms with Crippen LogP contribution in [0.5, 0.6) is 0 Å². The molecule has 1 heterocycles. The van der Waals surface area contributed by atoms with Crippen LogP contribution in [0.25, 0.3) is 0 Å². The Labute approximate surface area is 114 Å². The first-order valence-electron chi connectivity index (χ1n) is 6.84. The second-order valence-electron chi connectivity index (χ2n) is 4.89. The molecule has 1 rings (SSSR count). The van der Waals surface area contributed by atoms with Crippen molar-refractivity contribution in [2.24, 2.45) is 0 Å². The predicted molar refractivity (Wildman–Crippen MR) is 71.0 cm³/mol. The highest BCUT2D eigenvalue weighted by Crippen LogP contribution is 2.10. The largest absolute Gasteiger partial charge is 0.480 e. The second kappa shape index (κ2) is 8.87. The third kappa shape index (κ3) is 6.54. The average molecular weight is 272 g/mol. The maximum atomic E-state index is 12.2. The van der Waals surface area contributed by atoms with Crippen LogP contribution in [-0.4, -0.2) is 73.2 Å². The number of aliphatic carboxylic acids is 1. The Morgan fingerprint density at radius 1 is 1.16 bits per heavy atom. The summed E-state index contributed by atoms with van der Waals surface area (Å²) < 4.78 is 4.94. The Morgan fingerprint density at radius 2 is 1.79 bits per heavy atom. The minimum Gasteiger partial charge on any atom is -0.480 e. The van der Waals surface area contributed by atoms with Gasteiger partial charge in [0.2, 0.25) is 5.91 Å². The summed E-state index contributed by atoms with van der Waals surface area (Å²) >= 11 is 0. The molecule has 0 radical (unpaired) electrons. The highest BCUT2D eigenvalue weighted by Gasteiger charge is 2.19. The van der Waals surface area contributed by atoms with Crippen LogP contribution in [0, 0.1) is 0 Å². The number of ether oxygens (including phenoxy) is 1. The van der Waals surface area contributed by atoms with Gasteiger partial charge in [0, 0.05) is 26.7 Å². The lowest BCUT2D eigenvalue weighted by Crippen LogP contribution is -2.43. The maximum absolute atomic E-state index is 12.2. The zero-order valence-electron chi connectivity index (χ0n) is 11.6. The molecule has 1 aliphatic rings. The number of methoxy groups -OCH3 is 1. The SMILES string of the molecule is COCCN(CC(=O)O)CC(=O)N1CCCCCC1. The number of hydrogen-bond acceptors (Lipinski definition) is 4. The average Bonchev–Trinajstić information content (AvgIpc) is 2.64. The Hall–Kier alpha value is -1.14. The molecule has 1 fully saturated rings. The van der Waals surface area contributed by atoms with Crippen molar-refractivity contribution < 1.29 is 19.4 Å². The number of carbonyl (C=O) groups is 2. The van der Waals surface area contributed by atoms with Crippen molar-refractivity contribution in [3.05, 3.63) is 0 Å². The molecule has 1 saturated heterocycles. The van der Waals surface area contributed by atoms with Gasteiger partial charge in [-0.3, -0.25) is 14.5 Å². The molecular weight excluding hydrogens is 248 g/mol. The van der Waals surface area contributed by atoms with E-state index in [1.54, 1.807) is 12.0 Å². The summed E-state index contributed by atoms with van der Waals surface area (Å²) in [4.78, 5) is 26.4. The summed E-state index contributed by atoms with van der Waals surface area (Å²) in [6.45, 7) is 2.52. The molecule has 110 valence electrons. The number of likely N-dealkylation sites (tertiary alicyclic amines) is 1. The van der Waals surface area contributed by atoms with Gasteiger partial charge in [-0.05, 0) is 12.8 Å². The molecule has 0 saturated carbocycles. The van der Waals surface area contributed by atoms with Crippen LogP contribution in [0.3, 0.4) is 0 Å². The van der Waals surface area contributed by atoms with E-state index in [0.29, 0.717) is 13.2 Å². The van der Waals surface area contributed by atoms with Crippen molar-refractivity contribution in [1.82, 2.24) is 9.80 Å². The summed E-state index contributed by atoms with van der Waals surface area (Å²) in [5, 5.41) is 8.84. The van der Waals surface area contributed by atoms with Crippen molar-refractivity contribution in [3.8, 4) is 0 Å². The van der Waals surface area contributed by atoms with E-state index in [0.717, 1.165) is 25.9 Å². The van der Waals surface area contributed by atoms with Gasteiger partial charge in [-0.15, -0.1) is 0 Å². The Morgan fingerprint density at radius 3 is 2.32 bits per heavy atom. The van der Waals surface area contributed by atoms with Gasteiger partial charge in [-0.25, -0.2) is 0 Å². The normalized spacial score (nSPS) is 16.4. The molecule has 0 aliphatic carbocycles. The third-order valence-corrected chi connectivity index (χ3v) is 3.29. The van der Waals surface area contributed by atoms with Gasteiger partial charge < -0.3 is 14.7 Å². The fraction of sp³-hybridized carbons (Fsp3) is 0.846. The minimum atomic E-state index is -0.917. The predicted octanol–water partition coefficient (Wildman–Crippen LogP) is 0.422. The molecule has 19 heavy (non-hydrogen) atoms. The Kier molecular flexibility index (Phi) is 7.43. The summed E-state index contributed by atoms with van der Waals surface area (Å²) in [6.07, 6.45) is 4.43. The molecule has 0 aromatic heterocycles. The molecule has 0 aromatic carbocycles. The molecule has 1 amide bonds. The van der Waals surface area contributed by atoms with E-state index in [4.69, 9.17) is 9.84 Å². The first-order valence-corrected chi connectivity index (χ1v) is 6.84. The smallest absolute Gasteiger partial charge is 0.317 e. The van der Waals surface area contributed by atoms with Gasteiger partial charge in [0.15, 0.2) is 0 Å². The number of nitrogens with zero attached hydrogens (tertiary/aromatic N) is 2. The quantitative estimate of drug-likeness (QED) is 0.727. The van der Waals surface area contributed by atoms with Crippen molar-refractivity contribution in [2.45, 2.75) is 25.7 Å². The standard InChI is InChI=1S/C13H24N2O4/c1-19-9-8-14(11-13(17)18)10-12(16)15-6-4-2-3-5-7-15/h2-11H2,1H3,(H,17,18). The van der Waals surface area contributed by atoms with Gasteiger partial charge in [0.05, 0.1) is 19.7 Å². The topological polar surface area (TPSA) is 70.1 Å². The molecular formula is C13H24N2O4. The molecule has 0 atom stereocenters. The molecule has 6 nitrogen and oxygen atoms in total. The molecule has 0 bridgehead atoms. The van der Waals surface area contributed by atoms with E-state index in [-0.39, 0.29) is 19.0 Å². The van der Waals surface area contributed by atoms with Gasteiger partial charge in [-0.2, -0.15) is 0 Å². The fourth-order valence-electron chi connectivity index (χ4n) is 2.24. The number of carboxylic acid groups (broad SMARTS) is 1. The summed E-state index contributed by atoms with van der Waals surface area (Å²) in [7, 11) is 1.57. The van der Waals surface area contributed by atoms with Crippen LogP contribution in [-0.2, 0) is 14.3 Å². The Bertz CT molecular complexity index is 288. The first-order chi connectivity index (χ1) is 9.13. The molecule has 0 unspecified atom stereocenters. The van der Waals surface area contributed by atoms with Crippen LogP contribution >= 0.6 is 0 Å². The van der Waals surface area contributed by atoms with Gasteiger partial charge in [-0.1, -0.05) is 12.8 Å². The van der Waals surface area contributed by atoms with Gasteiger partial charge in [0.1, 0.15) is 0 Å². The molecule has 1 N–H and O–H groups in total. The van der Waals surface area contributed by atoms with E-state index in [2.05, 4.69) is 0 Å². The number of hydrogen-bond donors (Lipinski definition) is 1. The summed E-state index contributed by atoms with van der Waals surface area (Å²) in [5.41, 5.74) is 0. The van der Waals surface area contributed by atoms with Crippen LogP contribution < -0.4 is 0 Å². The van der Waals surface area contributed by atoms with Crippen molar-refractivity contribution in [3.63, 3.8) is 0 Å². The lowest BCUT2D eigenvalue weighted by Gasteiger charge is -2.25. The zero-order valence-corrected chi connectivity index (χ0v) is 11.6. The second-order valence-corrected chi connectivity index (χ2v) is 4.89. The number of rotatable bonds is 7. The molecule has 6 heteroatoms. The summed E-state index contributed by atoms with van der Waals surface area (Å²) in [6, 6.07) is 0.